The number of carbonyl (C=O) groups excluding carboxylic acids is 1. The van der Waals surface area contributed by atoms with Gasteiger partial charge in [-0.15, -0.1) is 0 Å². The van der Waals surface area contributed by atoms with Crippen LogP contribution in [0.3, 0.4) is 0 Å². The van der Waals surface area contributed by atoms with Gasteiger partial charge in [-0.2, -0.15) is 0 Å². The van der Waals surface area contributed by atoms with Crippen LogP contribution in [0, 0.1) is 0 Å². The molecule has 1 atom stereocenters. The average molecular weight is 556 g/mol. The zero-order chi connectivity index (χ0) is 27.5. The first-order chi connectivity index (χ1) is 18.1. The highest BCUT2D eigenvalue weighted by Gasteiger charge is 2.40. The number of nitrogens with one attached hydrogen (secondary N) is 1. The molecule has 2 amide bonds. The number of thiol groups is 1. The third kappa shape index (κ3) is 5.50. The summed E-state index contributed by atoms with van der Waals surface area (Å²) in [7, 11) is -3.78. The lowest BCUT2D eigenvalue weighted by atomic mass is 10.1. The van der Waals surface area contributed by atoms with Gasteiger partial charge in [-0.1, -0.05) is 31.0 Å². The van der Waals surface area contributed by atoms with Gasteiger partial charge in [0.05, 0.1) is 35.5 Å². The Morgan fingerprint density at radius 3 is 2.47 bits per heavy atom. The lowest BCUT2D eigenvalue weighted by molar-refractivity contribution is 0.0985. The summed E-state index contributed by atoms with van der Waals surface area (Å²) < 4.78 is 33.0. The van der Waals surface area contributed by atoms with E-state index in [2.05, 4.69) is 23.0 Å². The number of carbonyl (C=O) groups is 1. The first kappa shape index (κ1) is 27.9. The van der Waals surface area contributed by atoms with Crippen LogP contribution in [-0.4, -0.2) is 56.8 Å². The summed E-state index contributed by atoms with van der Waals surface area (Å²) in [6.45, 7) is 9.43. The van der Waals surface area contributed by atoms with Crippen molar-refractivity contribution in [2.24, 2.45) is 0 Å². The van der Waals surface area contributed by atoms with Crippen LogP contribution in [0.1, 0.15) is 33.4 Å². The average Bonchev–Trinajstić information content (AvgIpc) is 2.93. The number of ether oxygens (including phenoxy) is 1. The minimum atomic E-state index is -3.78. The second-order valence-corrected chi connectivity index (χ2v) is 12.5. The zero-order valence-corrected chi connectivity index (χ0v) is 23.7. The molecule has 1 aliphatic rings. The molecule has 38 heavy (non-hydrogen) atoms. The number of morpholine rings is 1. The molecule has 202 valence electrons. The molecule has 0 aliphatic carbocycles. The van der Waals surface area contributed by atoms with Gasteiger partial charge >= 0.3 is 6.03 Å². The van der Waals surface area contributed by atoms with Crippen LogP contribution in [0.5, 0.6) is 0 Å². The van der Waals surface area contributed by atoms with Gasteiger partial charge < -0.3 is 15.0 Å². The Hall–Kier alpha value is -3.15. The molecule has 4 rings (SSSR count). The molecule has 0 spiro atoms. The maximum Gasteiger partial charge on any atom is 0.331 e. The summed E-state index contributed by atoms with van der Waals surface area (Å²) in [5.74, 6) is 1.03. The second kappa shape index (κ2) is 11.3. The van der Waals surface area contributed by atoms with E-state index in [4.69, 9.17) is 14.7 Å². The summed E-state index contributed by atoms with van der Waals surface area (Å²) in [5, 5.41) is 2.70. The van der Waals surface area contributed by atoms with Crippen LogP contribution < -0.4 is 14.5 Å². The van der Waals surface area contributed by atoms with Crippen LogP contribution in [0.2, 0.25) is 0 Å². The lowest BCUT2D eigenvalue weighted by Crippen LogP contribution is -2.44. The van der Waals surface area contributed by atoms with Crippen molar-refractivity contribution in [2.75, 3.05) is 35.5 Å². The van der Waals surface area contributed by atoms with E-state index >= 15 is 0 Å². The fourth-order valence-electron chi connectivity index (χ4n) is 4.21. The second-order valence-electron chi connectivity index (χ2n) is 9.57. The molecule has 1 N–H and O–H groups in total. The fraction of sp³-hybridized carbons (Fsp3) is 0.370. The Morgan fingerprint density at radius 2 is 1.84 bits per heavy atom. The number of aromatic nitrogens is 2. The van der Waals surface area contributed by atoms with Gasteiger partial charge in [0.15, 0.2) is 15.7 Å². The molecule has 1 fully saturated rings. The van der Waals surface area contributed by atoms with Crippen molar-refractivity contribution in [1.29, 1.82) is 0 Å². The summed E-state index contributed by atoms with van der Waals surface area (Å²) in [4.78, 5) is 24.1. The molecular formula is C27H33N5O4S2. The van der Waals surface area contributed by atoms with Crippen LogP contribution in [0.25, 0.3) is 11.4 Å². The summed E-state index contributed by atoms with van der Waals surface area (Å²) in [5.41, 5.74) is 1.65. The molecule has 1 aliphatic heterocycles. The van der Waals surface area contributed by atoms with Crippen molar-refractivity contribution in [2.45, 2.75) is 43.4 Å². The molecular weight excluding hydrogens is 522 g/mol. The number of rotatable bonds is 7. The molecule has 2 aromatic carbocycles. The molecule has 11 heteroatoms. The van der Waals surface area contributed by atoms with Crippen molar-refractivity contribution >= 4 is 40.2 Å². The van der Waals surface area contributed by atoms with E-state index in [0.717, 1.165) is 0 Å². The Labute approximate surface area is 229 Å². The Morgan fingerprint density at radius 1 is 1.16 bits per heavy atom. The van der Waals surface area contributed by atoms with E-state index < -0.39 is 14.6 Å². The number of anilines is 2. The minimum Gasteiger partial charge on any atom is -0.377 e. The summed E-state index contributed by atoms with van der Waals surface area (Å²) in [6.07, 6.45) is 0. The largest absolute Gasteiger partial charge is 0.377 e. The number of hydrogen-bond acceptors (Lipinski definition) is 8. The van der Waals surface area contributed by atoms with E-state index in [0.29, 0.717) is 54.9 Å². The van der Waals surface area contributed by atoms with Gasteiger partial charge in [0, 0.05) is 24.7 Å². The van der Waals surface area contributed by atoms with Gasteiger partial charge in [-0.3, -0.25) is 0 Å². The van der Waals surface area contributed by atoms with E-state index in [1.54, 1.807) is 74.5 Å². The number of amides is 2. The molecule has 0 bridgehead atoms. The molecule has 0 saturated carbocycles. The van der Waals surface area contributed by atoms with Crippen molar-refractivity contribution in [3.8, 4) is 11.4 Å². The molecule has 0 radical (unpaired) electrons. The van der Waals surface area contributed by atoms with Crippen LogP contribution in [-0.2, 0) is 19.3 Å². The van der Waals surface area contributed by atoms with Crippen molar-refractivity contribution in [3.05, 3.63) is 66.4 Å². The first-order valence-electron chi connectivity index (χ1n) is 12.5. The van der Waals surface area contributed by atoms with Gasteiger partial charge in [0.1, 0.15) is 10.6 Å². The molecule has 1 saturated heterocycles. The van der Waals surface area contributed by atoms with Gasteiger partial charge in [0.2, 0.25) is 0 Å². The highest BCUT2D eigenvalue weighted by atomic mass is 32.2. The Kier molecular flexibility index (Phi) is 8.29. The van der Waals surface area contributed by atoms with Crippen molar-refractivity contribution in [3.63, 3.8) is 0 Å². The lowest BCUT2D eigenvalue weighted by Gasteiger charge is -2.35. The number of sulfone groups is 1. The summed E-state index contributed by atoms with van der Waals surface area (Å²) >= 11 is 4.29. The summed E-state index contributed by atoms with van der Waals surface area (Å²) in [6, 6.07) is 17.0. The van der Waals surface area contributed by atoms with E-state index in [-0.39, 0.29) is 17.0 Å². The van der Waals surface area contributed by atoms with E-state index in [1.807, 2.05) is 13.8 Å². The molecule has 1 aromatic heterocycles. The SMILES string of the molecule is CCNC(=O)N(S)c1ccc(-c2nc(N3CCOC[C@@H]3C)cc(C(C)(C)S(=O)(=O)c3ccccc3)n2)cc1. The van der Waals surface area contributed by atoms with Crippen LogP contribution >= 0.6 is 12.8 Å². The fourth-order valence-corrected chi connectivity index (χ4v) is 5.90. The predicted molar refractivity (Wildman–Crippen MR) is 152 cm³/mol. The highest BCUT2D eigenvalue weighted by molar-refractivity contribution is 7.92. The number of nitrogens with zero attached hydrogens (tertiary/aromatic N) is 4. The third-order valence-electron chi connectivity index (χ3n) is 6.61. The number of hydrogen-bond donors (Lipinski definition) is 2. The normalized spacial score (nSPS) is 16.2. The minimum absolute atomic E-state index is 0.0605. The number of urea groups is 1. The van der Waals surface area contributed by atoms with E-state index in [1.165, 1.54) is 4.31 Å². The monoisotopic (exact) mass is 555 g/mol. The Balaban J connectivity index is 1.80. The van der Waals surface area contributed by atoms with Gasteiger partial charge in [-0.25, -0.2) is 27.5 Å². The molecule has 3 aromatic rings. The van der Waals surface area contributed by atoms with Gasteiger partial charge in [0.25, 0.3) is 0 Å². The number of benzene rings is 2. The molecule has 9 nitrogen and oxygen atoms in total. The first-order valence-corrected chi connectivity index (χ1v) is 14.4. The third-order valence-corrected chi connectivity index (χ3v) is 9.47. The van der Waals surface area contributed by atoms with Crippen molar-refractivity contribution < 1.29 is 17.9 Å². The van der Waals surface area contributed by atoms with Gasteiger partial charge in [-0.05, 0) is 64.1 Å². The predicted octanol–water partition coefficient (Wildman–Crippen LogP) is 4.46. The van der Waals surface area contributed by atoms with Crippen LogP contribution in [0.15, 0.2) is 65.6 Å². The molecule has 0 unspecified atom stereocenters. The molecule has 2 heterocycles. The maximum atomic E-state index is 13.7. The zero-order valence-electron chi connectivity index (χ0n) is 22.0. The maximum absolute atomic E-state index is 13.7. The topological polar surface area (TPSA) is 105 Å². The standard InChI is InChI=1S/C27H33N5O4S2/c1-5-28-26(33)32(37)21-13-11-20(12-14-21)25-29-23(17-24(30-25)31-15-16-36-18-19(31)2)27(3,4)38(34,35)22-9-7-6-8-10-22/h6-14,17,19,37H,5,15-16,18H2,1-4H3,(H,28,33)/t19-/m0/s1. The Bertz CT molecular complexity index is 1380. The smallest absolute Gasteiger partial charge is 0.331 e. The highest BCUT2D eigenvalue weighted by Crippen LogP contribution is 2.36. The quantitative estimate of drug-likeness (QED) is 0.415. The van der Waals surface area contributed by atoms with Crippen molar-refractivity contribution in [1.82, 2.24) is 15.3 Å². The van der Waals surface area contributed by atoms with E-state index in [9.17, 15) is 13.2 Å². The van der Waals surface area contributed by atoms with Crippen LogP contribution in [0.4, 0.5) is 16.3 Å².